The monoisotopic (exact) mass is 417 g/mol. The molecule has 7 rings (SSSR count). The first kappa shape index (κ1) is 16.4. The molecule has 0 aromatic heterocycles. The van der Waals surface area contributed by atoms with Crippen LogP contribution in [0.25, 0.3) is 0 Å². The SMILES string of the molecule is FP12(F)c3c4cccc3Oc3cccc(c31)N(c1ccccc1)c1cccc(c12)O4. The predicted molar refractivity (Wildman–Crippen MR) is 116 cm³/mol. The van der Waals surface area contributed by atoms with Gasteiger partial charge in [-0.15, -0.1) is 0 Å². The molecule has 4 aromatic rings. The van der Waals surface area contributed by atoms with Gasteiger partial charge in [-0.25, -0.2) is 0 Å². The van der Waals surface area contributed by atoms with E-state index in [4.69, 9.17) is 9.47 Å². The van der Waals surface area contributed by atoms with Crippen molar-refractivity contribution in [2.45, 2.75) is 0 Å². The van der Waals surface area contributed by atoms with Gasteiger partial charge in [0.15, 0.2) is 0 Å². The van der Waals surface area contributed by atoms with Crippen LogP contribution in [-0.2, 0) is 0 Å². The van der Waals surface area contributed by atoms with E-state index in [9.17, 15) is 0 Å². The first-order valence-electron chi connectivity index (χ1n) is 9.64. The van der Waals surface area contributed by atoms with E-state index in [0.29, 0.717) is 11.4 Å². The minimum absolute atomic E-state index is 0.0180. The van der Waals surface area contributed by atoms with E-state index in [1.165, 1.54) is 0 Å². The Morgan fingerprint density at radius 1 is 0.533 bits per heavy atom. The Labute approximate surface area is 171 Å². The van der Waals surface area contributed by atoms with Gasteiger partial charge in [0.1, 0.15) is 0 Å². The molecule has 0 amide bonds. The van der Waals surface area contributed by atoms with Crippen LogP contribution in [0.15, 0.2) is 84.9 Å². The van der Waals surface area contributed by atoms with Crippen molar-refractivity contribution in [2.24, 2.45) is 0 Å². The first-order valence-corrected chi connectivity index (χ1v) is 11.7. The summed E-state index contributed by atoms with van der Waals surface area (Å²) >= 11 is 0. The molecular weight excluding hydrogens is 403 g/mol. The van der Waals surface area contributed by atoms with E-state index in [2.05, 4.69) is 0 Å². The molecule has 0 spiro atoms. The van der Waals surface area contributed by atoms with Crippen LogP contribution in [-0.4, -0.2) is 0 Å². The number of hydrogen-bond acceptors (Lipinski definition) is 3. The first-order chi connectivity index (χ1) is 14.6. The summed E-state index contributed by atoms with van der Waals surface area (Å²) in [7, 11) is -5.79. The van der Waals surface area contributed by atoms with Crippen molar-refractivity contribution in [2.75, 3.05) is 4.90 Å². The van der Waals surface area contributed by atoms with Crippen molar-refractivity contribution in [3.05, 3.63) is 84.9 Å². The van der Waals surface area contributed by atoms with Gasteiger partial charge in [0.25, 0.3) is 0 Å². The van der Waals surface area contributed by atoms with Gasteiger partial charge < -0.3 is 0 Å². The maximum atomic E-state index is 17.5. The summed E-state index contributed by atoms with van der Waals surface area (Å²) in [5.74, 6) is 0.771. The van der Waals surface area contributed by atoms with E-state index in [1.807, 2.05) is 35.2 Å². The fourth-order valence-corrected chi connectivity index (χ4v) is 8.80. The zero-order valence-corrected chi connectivity index (χ0v) is 16.4. The Bertz CT molecular complexity index is 1320. The molecule has 3 aliphatic rings. The number of anilines is 3. The van der Waals surface area contributed by atoms with Gasteiger partial charge in [0.2, 0.25) is 0 Å². The zero-order valence-electron chi connectivity index (χ0n) is 15.5. The van der Waals surface area contributed by atoms with Crippen LogP contribution in [0.3, 0.4) is 0 Å². The third kappa shape index (κ3) is 1.66. The average molecular weight is 417 g/mol. The van der Waals surface area contributed by atoms with Crippen LogP contribution in [0.2, 0.25) is 0 Å². The standard InChI is InChI=1S/C24H14F2NO2P/c25-30(26)22-16-9-4-11-18(22)28-20-13-6-14-21(24(20)30)29-19-12-5-10-17(23(19)30)27(16)15-7-2-1-3-8-15/h1-14H. The molecule has 0 atom stereocenters. The fraction of sp³-hybridized carbons (Fsp3) is 0. The van der Waals surface area contributed by atoms with E-state index >= 15 is 8.39 Å². The summed E-state index contributed by atoms with van der Waals surface area (Å²) in [6, 6.07) is 24.8. The molecule has 0 saturated carbocycles. The van der Waals surface area contributed by atoms with Crippen LogP contribution in [0, 0.1) is 0 Å². The Morgan fingerprint density at radius 3 is 1.53 bits per heavy atom. The van der Waals surface area contributed by atoms with E-state index in [-0.39, 0.29) is 38.9 Å². The van der Waals surface area contributed by atoms with E-state index in [0.717, 1.165) is 5.69 Å². The number of halogens is 2. The summed E-state index contributed by atoms with van der Waals surface area (Å²) in [4.78, 5) is 1.88. The van der Waals surface area contributed by atoms with E-state index in [1.54, 1.807) is 54.6 Å². The Morgan fingerprint density at radius 2 is 1.00 bits per heavy atom. The number of nitrogens with zero attached hydrogens (tertiary/aromatic N) is 1. The number of para-hydroxylation sites is 1. The Balaban J connectivity index is 1.71. The second-order valence-corrected chi connectivity index (χ2v) is 10.8. The summed E-state index contributed by atoms with van der Waals surface area (Å²) in [6.45, 7) is 0. The molecule has 0 N–H and O–H groups in total. The van der Waals surface area contributed by atoms with Gasteiger partial charge in [0.05, 0.1) is 0 Å². The summed E-state index contributed by atoms with van der Waals surface area (Å²) in [5.41, 5.74) is 1.71. The van der Waals surface area contributed by atoms with Gasteiger partial charge in [-0.05, 0) is 0 Å². The molecule has 0 bridgehead atoms. The summed E-state index contributed by atoms with van der Waals surface area (Å²) in [5, 5.41) is -0.137. The minimum atomic E-state index is -5.79. The quantitative estimate of drug-likeness (QED) is 0.300. The second kappa shape index (κ2) is 5.00. The van der Waals surface area contributed by atoms with Gasteiger partial charge in [-0.3, -0.25) is 0 Å². The molecule has 146 valence electrons. The van der Waals surface area contributed by atoms with Crippen molar-refractivity contribution in [3.8, 4) is 23.0 Å². The Kier molecular flexibility index (Phi) is 2.73. The molecule has 3 heterocycles. The molecule has 6 heteroatoms. The second-order valence-electron chi connectivity index (χ2n) is 7.63. The van der Waals surface area contributed by atoms with Gasteiger partial charge in [-0.1, -0.05) is 0 Å². The molecule has 30 heavy (non-hydrogen) atoms. The molecule has 4 aromatic carbocycles. The van der Waals surface area contributed by atoms with Gasteiger partial charge in [-0.2, -0.15) is 0 Å². The van der Waals surface area contributed by atoms with Crippen LogP contribution in [0.1, 0.15) is 0 Å². The molecule has 3 nitrogen and oxygen atoms in total. The molecule has 0 fully saturated rings. The topological polar surface area (TPSA) is 21.7 Å². The van der Waals surface area contributed by atoms with Crippen LogP contribution >= 0.6 is 7.22 Å². The molecule has 3 aliphatic heterocycles. The van der Waals surface area contributed by atoms with Crippen molar-refractivity contribution in [1.82, 2.24) is 0 Å². The predicted octanol–water partition coefficient (Wildman–Crippen LogP) is 6.28. The van der Waals surface area contributed by atoms with Crippen LogP contribution in [0.4, 0.5) is 25.5 Å². The maximum absolute atomic E-state index is 17.5. The van der Waals surface area contributed by atoms with Crippen molar-refractivity contribution < 1.29 is 17.9 Å². The van der Waals surface area contributed by atoms with Crippen molar-refractivity contribution in [3.63, 3.8) is 0 Å². The normalized spacial score (nSPS) is 18.9. The van der Waals surface area contributed by atoms with Crippen LogP contribution < -0.4 is 30.3 Å². The van der Waals surface area contributed by atoms with Gasteiger partial charge >= 0.3 is 171 Å². The molecular formula is C24H14F2NO2P. The fourth-order valence-electron chi connectivity index (χ4n) is 4.95. The van der Waals surface area contributed by atoms with Crippen molar-refractivity contribution >= 4 is 40.2 Å². The number of rotatable bonds is 1. The van der Waals surface area contributed by atoms with Gasteiger partial charge in [0, 0.05) is 0 Å². The average Bonchev–Trinajstić information content (AvgIpc) is 2.74. The summed E-state index contributed by atoms with van der Waals surface area (Å²) in [6.07, 6.45) is 0. The van der Waals surface area contributed by atoms with Crippen LogP contribution in [0.5, 0.6) is 23.0 Å². The molecule has 0 radical (unpaired) electrons. The summed E-state index contributed by atoms with van der Waals surface area (Å²) < 4.78 is 47.1. The molecule has 0 unspecified atom stereocenters. The third-order valence-electron chi connectivity index (χ3n) is 6.03. The Hall–Kier alpha value is -3.43. The zero-order chi connectivity index (χ0) is 20.1. The molecule has 0 saturated heterocycles. The molecule has 0 aliphatic carbocycles. The number of ether oxygens (including phenoxy) is 2. The number of hydrogen-bond donors (Lipinski definition) is 0. The van der Waals surface area contributed by atoms with Crippen molar-refractivity contribution in [1.29, 1.82) is 0 Å². The third-order valence-corrected chi connectivity index (χ3v) is 9.73. The van der Waals surface area contributed by atoms with E-state index < -0.39 is 7.22 Å². The number of benzene rings is 4.